The van der Waals surface area contributed by atoms with Gasteiger partial charge in [-0.3, -0.25) is 0 Å². The van der Waals surface area contributed by atoms with E-state index in [2.05, 4.69) is 4.74 Å². The number of ether oxygens (including phenoxy) is 2. The lowest BCUT2D eigenvalue weighted by atomic mass is 10.3. The van der Waals surface area contributed by atoms with E-state index in [1.165, 1.54) is 0 Å². The molecule has 0 fully saturated rings. The van der Waals surface area contributed by atoms with Crippen LogP contribution in [0.5, 0.6) is 0 Å². The molecule has 2 nitrogen and oxygen atoms in total. The Morgan fingerprint density at radius 1 is 0.833 bits per heavy atom. The Balaban J connectivity index is 4.15. The summed E-state index contributed by atoms with van der Waals surface area (Å²) in [4.78, 5) is 0. The van der Waals surface area contributed by atoms with Crippen LogP contribution in [-0.2, 0) is 9.47 Å². The van der Waals surface area contributed by atoms with E-state index < -0.39 is 24.8 Å². The molecule has 0 heterocycles. The molecule has 0 amide bonds. The van der Waals surface area contributed by atoms with E-state index in [9.17, 15) is 30.7 Å². The third-order valence-corrected chi connectivity index (χ3v) is 1.79. The molecule has 0 bridgehead atoms. The van der Waals surface area contributed by atoms with Crippen molar-refractivity contribution in [3.8, 4) is 0 Å². The Bertz CT molecular complexity index is 240. The first kappa shape index (κ1) is 17.4. The summed E-state index contributed by atoms with van der Waals surface area (Å²) in [6.07, 6.45) is -11.5. The maximum absolute atomic E-state index is 12.5. The predicted octanol–water partition coefficient (Wildman–Crippen LogP) is 3.61. The summed E-state index contributed by atoms with van der Waals surface area (Å²) in [5.74, 6) is -6.22. The molecule has 0 aliphatic carbocycles. The Hall–Kier alpha value is -0.570. The van der Waals surface area contributed by atoms with Gasteiger partial charge in [-0.2, -0.15) is 30.7 Å². The molecule has 0 saturated carbocycles. The minimum absolute atomic E-state index is 0.0541. The monoisotopic (exact) mass is 286 g/mol. The molecule has 18 heavy (non-hydrogen) atoms. The molecule has 0 atom stereocenters. The maximum Gasteiger partial charge on any atom is 0.462 e. The fraction of sp³-hybridized carbons (Fsp3) is 1.00. The van der Waals surface area contributed by atoms with Crippen LogP contribution in [0.1, 0.15) is 19.8 Å². The van der Waals surface area contributed by atoms with Crippen molar-refractivity contribution in [1.29, 1.82) is 0 Å². The first-order valence-electron chi connectivity index (χ1n) is 5.10. The lowest BCUT2D eigenvalue weighted by molar-refractivity contribution is -0.424. The predicted molar refractivity (Wildman–Crippen MR) is 47.6 cm³/mol. The smallest absolute Gasteiger partial charge is 0.381 e. The molecular weight excluding hydrogens is 273 g/mol. The highest BCUT2D eigenvalue weighted by Gasteiger charge is 2.74. The van der Waals surface area contributed by atoms with Gasteiger partial charge >= 0.3 is 18.2 Å². The molecule has 0 spiro atoms. The molecule has 0 N–H and O–H groups in total. The molecule has 0 aromatic heterocycles. The van der Waals surface area contributed by atoms with Gasteiger partial charge in [-0.1, -0.05) is 6.92 Å². The lowest BCUT2D eigenvalue weighted by Gasteiger charge is -2.27. The first-order chi connectivity index (χ1) is 8.06. The van der Waals surface area contributed by atoms with E-state index in [-0.39, 0.29) is 13.0 Å². The second kappa shape index (κ2) is 6.55. The molecule has 0 rings (SSSR count). The second-order valence-corrected chi connectivity index (χ2v) is 3.40. The van der Waals surface area contributed by atoms with Crippen molar-refractivity contribution in [3.05, 3.63) is 0 Å². The number of hydrogen-bond acceptors (Lipinski definition) is 2. The number of rotatable bonds is 8. The Labute approximate surface area is 99.0 Å². The largest absolute Gasteiger partial charge is 0.462 e. The zero-order chi connectivity index (χ0) is 14.4. The van der Waals surface area contributed by atoms with Gasteiger partial charge in [0.05, 0.1) is 6.61 Å². The molecule has 0 aliphatic heterocycles. The molecule has 0 aromatic rings. The van der Waals surface area contributed by atoms with Gasteiger partial charge in [-0.15, -0.1) is 0 Å². The van der Waals surface area contributed by atoms with Crippen molar-refractivity contribution in [2.24, 2.45) is 0 Å². The van der Waals surface area contributed by atoms with E-state index in [1.807, 2.05) is 0 Å². The Kier molecular flexibility index (Phi) is 6.35. The van der Waals surface area contributed by atoms with Crippen molar-refractivity contribution >= 4 is 0 Å². The average Bonchev–Trinajstić information content (AvgIpc) is 2.21. The summed E-state index contributed by atoms with van der Waals surface area (Å²) in [7, 11) is 0. The normalized spacial score (nSPS) is 14.0. The standard InChI is InChI=1S/C9H13F7O2/c1-2-4-17-5-3-6-18-9(15,16)7(10,11)8(12,13)14/h2-6H2,1H3. The zero-order valence-electron chi connectivity index (χ0n) is 9.50. The van der Waals surface area contributed by atoms with Gasteiger partial charge in [-0.05, 0) is 12.8 Å². The summed E-state index contributed by atoms with van der Waals surface area (Å²) in [6.45, 7) is 1.12. The van der Waals surface area contributed by atoms with Crippen molar-refractivity contribution in [1.82, 2.24) is 0 Å². The van der Waals surface area contributed by atoms with Crippen LogP contribution in [-0.4, -0.2) is 38.0 Å². The molecule has 0 saturated heterocycles. The zero-order valence-corrected chi connectivity index (χ0v) is 9.50. The van der Waals surface area contributed by atoms with E-state index >= 15 is 0 Å². The average molecular weight is 286 g/mol. The third kappa shape index (κ3) is 4.60. The second-order valence-electron chi connectivity index (χ2n) is 3.40. The van der Waals surface area contributed by atoms with Crippen LogP contribution in [0, 0.1) is 0 Å². The minimum atomic E-state index is -6.37. The fourth-order valence-electron chi connectivity index (χ4n) is 0.863. The minimum Gasteiger partial charge on any atom is -0.381 e. The number of hydrogen-bond donors (Lipinski definition) is 0. The van der Waals surface area contributed by atoms with E-state index in [0.29, 0.717) is 13.0 Å². The molecular formula is C9H13F7O2. The lowest BCUT2D eigenvalue weighted by Crippen LogP contribution is -2.53. The van der Waals surface area contributed by atoms with Crippen LogP contribution >= 0.6 is 0 Å². The van der Waals surface area contributed by atoms with Crippen molar-refractivity contribution < 1.29 is 40.2 Å². The molecule has 0 radical (unpaired) electrons. The van der Waals surface area contributed by atoms with Crippen LogP contribution in [0.25, 0.3) is 0 Å². The van der Waals surface area contributed by atoms with Crippen LogP contribution in [0.4, 0.5) is 30.7 Å². The number of halogens is 7. The van der Waals surface area contributed by atoms with Gasteiger partial charge in [0.1, 0.15) is 0 Å². The van der Waals surface area contributed by atoms with Gasteiger partial charge in [0, 0.05) is 13.2 Å². The summed E-state index contributed by atoms with van der Waals surface area (Å²) in [5.41, 5.74) is 0. The van der Waals surface area contributed by atoms with E-state index in [1.54, 1.807) is 6.92 Å². The summed E-state index contributed by atoms with van der Waals surface area (Å²) >= 11 is 0. The number of alkyl halides is 7. The molecule has 0 aliphatic rings. The van der Waals surface area contributed by atoms with Gasteiger partial charge in [0.2, 0.25) is 0 Å². The fourth-order valence-corrected chi connectivity index (χ4v) is 0.863. The third-order valence-electron chi connectivity index (χ3n) is 1.79. The van der Waals surface area contributed by atoms with Crippen molar-refractivity contribution in [2.45, 2.75) is 38.0 Å². The summed E-state index contributed by atoms with van der Waals surface area (Å²) < 4.78 is 92.8. The first-order valence-corrected chi connectivity index (χ1v) is 5.10. The van der Waals surface area contributed by atoms with Crippen LogP contribution < -0.4 is 0 Å². The van der Waals surface area contributed by atoms with E-state index in [4.69, 9.17) is 4.74 Å². The molecule has 0 aromatic carbocycles. The molecule has 110 valence electrons. The van der Waals surface area contributed by atoms with Gasteiger partial charge in [0.15, 0.2) is 0 Å². The quantitative estimate of drug-likeness (QED) is 0.501. The Morgan fingerprint density at radius 2 is 1.39 bits per heavy atom. The van der Waals surface area contributed by atoms with Gasteiger partial charge < -0.3 is 9.47 Å². The van der Waals surface area contributed by atoms with Crippen molar-refractivity contribution in [2.75, 3.05) is 19.8 Å². The highest BCUT2D eigenvalue weighted by molar-refractivity contribution is 4.84. The molecule has 9 heteroatoms. The van der Waals surface area contributed by atoms with E-state index in [0.717, 1.165) is 0 Å². The summed E-state index contributed by atoms with van der Waals surface area (Å²) in [5, 5.41) is 0. The van der Waals surface area contributed by atoms with Gasteiger partial charge in [-0.25, -0.2) is 0 Å². The Morgan fingerprint density at radius 3 is 1.83 bits per heavy atom. The van der Waals surface area contributed by atoms with Crippen LogP contribution in [0.15, 0.2) is 0 Å². The van der Waals surface area contributed by atoms with Crippen LogP contribution in [0.2, 0.25) is 0 Å². The topological polar surface area (TPSA) is 18.5 Å². The highest BCUT2D eigenvalue weighted by atomic mass is 19.4. The molecule has 0 unspecified atom stereocenters. The van der Waals surface area contributed by atoms with Crippen LogP contribution in [0.3, 0.4) is 0 Å². The van der Waals surface area contributed by atoms with Crippen molar-refractivity contribution in [3.63, 3.8) is 0 Å². The van der Waals surface area contributed by atoms with Gasteiger partial charge in [0.25, 0.3) is 0 Å². The summed E-state index contributed by atoms with van der Waals surface area (Å²) in [6, 6.07) is 0. The maximum atomic E-state index is 12.5. The highest BCUT2D eigenvalue weighted by Crippen LogP contribution is 2.46. The SMILES string of the molecule is CCCOCCCOC(F)(F)C(F)(F)C(F)(F)F.